The lowest BCUT2D eigenvalue weighted by Crippen LogP contribution is -2.25. The molecule has 4 nitrogen and oxygen atoms in total. The van der Waals surface area contributed by atoms with E-state index in [-0.39, 0.29) is 0 Å². The molecule has 0 bridgehead atoms. The summed E-state index contributed by atoms with van der Waals surface area (Å²) < 4.78 is 1.84. The molecule has 1 heterocycles. The number of hydrogen-bond donors (Lipinski definition) is 1. The van der Waals surface area contributed by atoms with Gasteiger partial charge in [-0.25, -0.2) is 4.98 Å². The highest BCUT2D eigenvalue weighted by Gasteiger charge is 2.05. The minimum absolute atomic E-state index is 0.594. The van der Waals surface area contributed by atoms with Crippen LogP contribution in [0.1, 0.15) is 25.6 Å². The highest BCUT2D eigenvalue weighted by atomic mass is 15.3. The number of aromatic nitrogens is 3. The van der Waals surface area contributed by atoms with E-state index in [2.05, 4.69) is 22.3 Å². The molecule has 0 saturated carbocycles. The van der Waals surface area contributed by atoms with Gasteiger partial charge in [0, 0.05) is 19.5 Å². The fourth-order valence-corrected chi connectivity index (χ4v) is 1.40. The van der Waals surface area contributed by atoms with Crippen LogP contribution in [0, 0.1) is 0 Å². The molecule has 1 rings (SSSR count). The first-order valence-electron chi connectivity index (χ1n) is 4.78. The molecule has 0 aliphatic rings. The van der Waals surface area contributed by atoms with Gasteiger partial charge in [0.15, 0.2) is 0 Å². The van der Waals surface area contributed by atoms with Crippen LogP contribution in [0.4, 0.5) is 0 Å². The van der Waals surface area contributed by atoms with E-state index in [1.165, 1.54) is 0 Å². The Balaban J connectivity index is 2.38. The number of nitrogens with one attached hydrogen (secondary N) is 1. The Labute approximate surface area is 79.4 Å². The van der Waals surface area contributed by atoms with Crippen molar-refractivity contribution in [1.29, 1.82) is 0 Å². The largest absolute Gasteiger partial charge is 0.317 e. The van der Waals surface area contributed by atoms with Crippen LogP contribution in [0.3, 0.4) is 0 Å². The highest BCUT2D eigenvalue weighted by Crippen LogP contribution is 2.03. The number of hydrogen-bond acceptors (Lipinski definition) is 3. The van der Waals surface area contributed by atoms with Crippen LogP contribution in [0.15, 0.2) is 6.33 Å². The molecule has 1 aromatic heterocycles. The molecule has 0 aliphatic heterocycles. The zero-order valence-corrected chi connectivity index (χ0v) is 8.62. The molecule has 1 unspecified atom stereocenters. The fourth-order valence-electron chi connectivity index (χ4n) is 1.40. The smallest absolute Gasteiger partial charge is 0.138 e. The maximum atomic E-state index is 4.18. The van der Waals surface area contributed by atoms with Crippen LogP contribution in [-0.2, 0) is 13.5 Å². The summed E-state index contributed by atoms with van der Waals surface area (Å²) in [6.07, 6.45) is 4.89. The maximum absolute atomic E-state index is 4.18. The lowest BCUT2D eigenvalue weighted by molar-refractivity contribution is 0.496. The maximum Gasteiger partial charge on any atom is 0.138 e. The lowest BCUT2D eigenvalue weighted by Gasteiger charge is -2.12. The highest BCUT2D eigenvalue weighted by molar-refractivity contribution is 4.84. The third-order valence-electron chi connectivity index (χ3n) is 2.42. The quantitative estimate of drug-likeness (QED) is 0.730. The van der Waals surface area contributed by atoms with Crippen LogP contribution in [0.5, 0.6) is 0 Å². The first kappa shape index (κ1) is 10.2. The Bertz CT molecular complexity index is 240. The van der Waals surface area contributed by atoms with Crippen LogP contribution < -0.4 is 5.32 Å². The third-order valence-corrected chi connectivity index (χ3v) is 2.42. The summed E-state index contributed by atoms with van der Waals surface area (Å²) in [7, 11) is 3.94. The summed E-state index contributed by atoms with van der Waals surface area (Å²) in [4.78, 5) is 4.18. The van der Waals surface area contributed by atoms with E-state index in [0.29, 0.717) is 6.04 Å². The van der Waals surface area contributed by atoms with Crippen molar-refractivity contribution in [1.82, 2.24) is 20.1 Å². The summed E-state index contributed by atoms with van der Waals surface area (Å²) >= 11 is 0. The monoisotopic (exact) mass is 182 g/mol. The number of aryl methyl sites for hydroxylation is 2. The number of nitrogens with zero attached hydrogens (tertiary/aromatic N) is 3. The molecule has 0 saturated heterocycles. The lowest BCUT2D eigenvalue weighted by atomic mass is 10.1. The molecule has 13 heavy (non-hydrogen) atoms. The predicted molar refractivity (Wildman–Crippen MR) is 52.5 cm³/mol. The van der Waals surface area contributed by atoms with Gasteiger partial charge in [-0.2, -0.15) is 5.10 Å². The van der Waals surface area contributed by atoms with Crippen molar-refractivity contribution in [2.75, 3.05) is 7.05 Å². The minimum Gasteiger partial charge on any atom is -0.317 e. The molecule has 4 heteroatoms. The van der Waals surface area contributed by atoms with Crippen molar-refractivity contribution < 1.29 is 0 Å². The van der Waals surface area contributed by atoms with E-state index in [9.17, 15) is 0 Å². The van der Waals surface area contributed by atoms with Gasteiger partial charge in [-0.3, -0.25) is 4.68 Å². The standard InChI is InChI=1S/C9H18N4/c1-4-8(10-2)5-6-9-11-7-12-13(9)3/h7-8,10H,4-6H2,1-3H3. The van der Waals surface area contributed by atoms with Crippen molar-refractivity contribution in [3.8, 4) is 0 Å². The molecular formula is C9H18N4. The van der Waals surface area contributed by atoms with Gasteiger partial charge in [-0.05, 0) is 19.9 Å². The van der Waals surface area contributed by atoms with Crippen molar-refractivity contribution in [3.63, 3.8) is 0 Å². The SMILES string of the molecule is CCC(CCc1ncnn1C)NC. The summed E-state index contributed by atoms with van der Waals surface area (Å²) in [6, 6.07) is 0.594. The normalized spacial score (nSPS) is 13.2. The zero-order valence-electron chi connectivity index (χ0n) is 8.62. The molecule has 0 aromatic carbocycles. The Morgan fingerprint density at radius 1 is 1.62 bits per heavy atom. The second kappa shape index (κ2) is 4.97. The first-order chi connectivity index (χ1) is 6.27. The van der Waals surface area contributed by atoms with Crippen molar-refractivity contribution in [2.24, 2.45) is 7.05 Å². The average Bonchev–Trinajstić information content (AvgIpc) is 2.54. The molecule has 0 radical (unpaired) electrons. The Morgan fingerprint density at radius 3 is 2.85 bits per heavy atom. The van der Waals surface area contributed by atoms with E-state index >= 15 is 0 Å². The topological polar surface area (TPSA) is 42.7 Å². The van der Waals surface area contributed by atoms with Crippen molar-refractivity contribution in [3.05, 3.63) is 12.2 Å². The van der Waals surface area contributed by atoms with Crippen LogP contribution in [0.2, 0.25) is 0 Å². The van der Waals surface area contributed by atoms with E-state index in [1.54, 1.807) is 6.33 Å². The Hall–Kier alpha value is -0.900. The Morgan fingerprint density at radius 2 is 2.38 bits per heavy atom. The molecular weight excluding hydrogens is 164 g/mol. The van der Waals surface area contributed by atoms with Gasteiger partial charge in [0.2, 0.25) is 0 Å². The molecule has 0 fully saturated rings. The van der Waals surface area contributed by atoms with Crippen LogP contribution >= 0.6 is 0 Å². The van der Waals surface area contributed by atoms with Crippen LogP contribution in [0.25, 0.3) is 0 Å². The minimum atomic E-state index is 0.594. The predicted octanol–water partition coefficient (Wildman–Crippen LogP) is 0.746. The molecule has 0 amide bonds. The summed E-state index contributed by atoms with van der Waals surface area (Å²) in [5.74, 6) is 1.06. The van der Waals surface area contributed by atoms with Crippen molar-refractivity contribution >= 4 is 0 Å². The summed E-state index contributed by atoms with van der Waals surface area (Å²) in [6.45, 7) is 2.19. The third kappa shape index (κ3) is 2.81. The van der Waals surface area contributed by atoms with E-state index in [0.717, 1.165) is 25.1 Å². The van der Waals surface area contributed by atoms with E-state index in [4.69, 9.17) is 0 Å². The fraction of sp³-hybridized carbons (Fsp3) is 0.778. The van der Waals surface area contributed by atoms with Gasteiger partial charge in [-0.15, -0.1) is 0 Å². The van der Waals surface area contributed by atoms with Gasteiger partial charge in [-0.1, -0.05) is 6.92 Å². The molecule has 1 aromatic rings. The zero-order chi connectivity index (χ0) is 9.68. The van der Waals surface area contributed by atoms with E-state index in [1.807, 2.05) is 18.8 Å². The van der Waals surface area contributed by atoms with Gasteiger partial charge >= 0.3 is 0 Å². The summed E-state index contributed by atoms with van der Waals surface area (Å²) in [5, 5.41) is 7.31. The Kier molecular flexibility index (Phi) is 3.89. The number of rotatable bonds is 5. The molecule has 0 spiro atoms. The average molecular weight is 182 g/mol. The van der Waals surface area contributed by atoms with Gasteiger partial charge in [0.25, 0.3) is 0 Å². The van der Waals surface area contributed by atoms with E-state index < -0.39 is 0 Å². The second-order valence-corrected chi connectivity index (χ2v) is 3.23. The van der Waals surface area contributed by atoms with Gasteiger partial charge < -0.3 is 5.32 Å². The summed E-state index contributed by atoms with van der Waals surface area (Å²) in [5.41, 5.74) is 0. The molecule has 1 atom stereocenters. The molecule has 74 valence electrons. The molecule has 0 aliphatic carbocycles. The van der Waals surface area contributed by atoms with Gasteiger partial charge in [0.1, 0.15) is 12.2 Å². The second-order valence-electron chi connectivity index (χ2n) is 3.23. The van der Waals surface area contributed by atoms with Crippen LogP contribution in [-0.4, -0.2) is 27.9 Å². The van der Waals surface area contributed by atoms with Gasteiger partial charge in [0.05, 0.1) is 0 Å². The first-order valence-corrected chi connectivity index (χ1v) is 4.78. The van der Waals surface area contributed by atoms with Crippen molar-refractivity contribution in [2.45, 2.75) is 32.2 Å². The molecule has 1 N–H and O–H groups in total.